The van der Waals surface area contributed by atoms with Crippen molar-refractivity contribution in [3.8, 4) is 0 Å². The van der Waals surface area contributed by atoms with Crippen LogP contribution in [-0.4, -0.2) is 47.8 Å². The van der Waals surface area contributed by atoms with Gasteiger partial charge in [-0.1, -0.05) is 12.1 Å². The van der Waals surface area contributed by atoms with Crippen molar-refractivity contribution in [1.29, 1.82) is 0 Å². The number of Topliss-reactive ketones (excluding diaryl/α,β-unsaturated/α-hetero) is 1. The van der Waals surface area contributed by atoms with Gasteiger partial charge < -0.3 is 9.64 Å². The Morgan fingerprint density at radius 3 is 2.62 bits per heavy atom. The predicted molar refractivity (Wildman–Crippen MR) is 107 cm³/mol. The summed E-state index contributed by atoms with van der Waals surface area (Å²) in [5.41, 5.74) is -0.294. The maximum atomic E-state index is 13.2. The number of carbonyl (C=O) groups excluding carboxylic acids is 4. The highest BCUT2D eigenvalue weighted by atomic mass is 32.1. The van der Waals surface area contributed by atoms with E-state index in [0.29, 0.717) is 16.8 Å². The number of hydrogen-bond donors (Lipinski definition) is 0. The third-order valence-electron chi connectivity index (χ3n) is 5.54. The van der Waals surface area contributed by atoms with Crippen LogP contribution in [0.15, 0.2) is 30.3 Å². The van der Waals surface area contributed by atoms with E-state index >= 15 is 0 Å². The topological polar surface area (TPSA) is 84.0 Å². The normalized spacial score (nSPS) is 20.5. The second kappa shape index (κ2) is 6.81. The maximum Gasteiger partial charge on any atom is 0.354 e. The fourth-order valence-electron chi connectivity index (χ4n) is 4.12. The van der Waals surface area contributed by atoms with Gasteiger partial charge in [-0.25, -0.2) is 4.79 Å². The number of aryl methyl sites for hydroxylation is 2. The first kappa shape index (κ1) is 19.3. The van der Waals surface area contributed by atoms with Gasteiger partial charge in [-0.3, -0.25) is 19.3 Å². The Morgan fingerprint density at radius 2 is 1.93 bits per heavy atom. The molecule has 29 heavy (non-hydrogen) atoms. The van der Waals surface area contributed by atoms with E-state index in [4.69, 9.17) is 4.74 Å². The molecule has 2 amide bonds. The molecule has 1 atom stereocenters. The summed E-state index contributed by atoms with van der Waals surface area (Å²) in [4.78, 5) is 55.7. The van der Waals surface area contributed by atoms with Crippen LogP contribution in [0.4, 0.5) is 5.69 Å². The molecule has 0 N–H and O–H groups in total. The smallest absolute Gasteiger partial charge is 0.354 e. The molecule has 0 radical (unpaired) electrons. The number of benzene rings is 1. The number of fused-ring (bicyclic) bond motifs is 3. The number of carbonyl (C=O) groups is 4. The molecule has 0 saturated carbocycles. The van der Waals surface area contributed by atoms with Crippen molar-refractivity contribution in [2.75, 3.05) is 18.6 Å². The Bertz CT molecular complexity index is 1060. The van der Waals surface area contributed by atoms with Crippen LogP contribution >= 0.6 is 11.3 Å². The van der Waals surface area contributed by atoms with Gasteiger partial charge in [0, 0.05) is 35.2 Å². The molecule has 4 rings (SSSR count). The average Bonchev–Trinajstić information content (AvgIpc) is 3.23. The molecule has 2 aromatic rings. The van der Waals surface area contributed by atoms with Crippen molar-refractivity contribution in [3.05, 3.63) is 51.2 Å². The number of nitrogens with zero attached hydrogens (tertiary/aromatic N) is 2. The van der Waals surface area contributed by atoms with E-state index in [1.165, 1.54) is 28.2 Å². The van der Waals surface area contributed by atoms with Crippen LogP contribution in [0.2, 0.25) is 0 Å². The predicted octanol–water partition coefficient (Wildman–Crippen LogP) is 2.70. The van der Waals surface area contributed by atoms with Crippen LogP contribution in [-0.2, 0) is 14.3 Å². The Balaban J connectivity index is 1.65. The van der Waals surface area contributed by atoms with E-state index in [1.54, 1.807) is 30.3 Å². The molecule has 1 aromatic carbocycles. The van der Waals surface area contributed by atoms with E-state index in [1.807, 2.05) is 13.8 Å². The number of esters is 1. The monoisotopic (exact) mass is 412 g/mol. The van der Waals surface area contributed by atoms with Crippen LogP contribution in [0.1, 0.15) is 43.3 Å². The highest BCUT2D eigenvalue weighted by Gasteiger charge is 2.60. The molecule has 0 aliphatic carbocycles. The van der Waals surface area contributed by atoms with Crippen LogP contribution < -0.4 is 4.90 Å². The van der Waals surface area contributed by atoms with E-state index in [9.17, 15) is 19.2 Å². The van der Waals surface area contributed by atoms with Crippen molar-refractivity contribution >= 4 is 40.6 Å². The van der Waals surface area contributed by atoms with Crippen LogP contribution in [0.5, 0.6) is 0 Å². The molecule has 3 heterocycles. The molecule has 2 aliphatic rings. The molecule has 0 unspecified atom stereocenters. The molecule has 0 bridgehead atoms. The zero-order valence-corrected chi connectivity index (χ0v) is 17.2. The number of thiophene rings is 1. The summed E-state index contributed by atoms with van der Waals surface area (Å²) in [6.07, 6.45) is 0.226. The van der Waals surface area contributed by atoms with E-state index < -0.39 is 18.2 Å². The lowest BCUT2D eigenvalue weighted by molar-refractivity contribution is -0.155. The van der Waals surface area contributed by atoms with Crippen molar-refractivity contribution in [2.24, 2.45) is 0 Å². The van der Waals surface area contributed by atoms with Gasteiger partial charge in [0.05, 0.1) is 11.3 Å². The first-order valence-corrected chi connectivity index (χ1v) is 10.1. The average molecular weight is 412 g/mol. The third kappa shape index (κ3) is 2.78. The molecule has 1 aromatic heterocycles. The van der Waals surface area contributed by atoms with Crippen LogP contribution in [0, 0.1) is 13.8 Å². The molecular weight excluding hydrogens is 392 g/mol. The van der Waals surface area contributed by atoms with Gasteiger partial charge in [0.1, 0.15) is 0 Å². The summed E-state index contributed by atoms with van der Waals surface area (Å²) in [7, 11) is 1.49. The van der Waals surface area contributed by atoms with Crippen molar-refractivity contribution < 1.29 is 23.9 Å². The summed E-state index contributed by atoms with van der Waals surface area (Å²) in [5.74, 6) is -1.70. The molecule has 2 aliphatic heterocycles. The van der Waals surface area contributed by atoms with Gasteiger partial charge in [0.2, 0.25) is 17.4 Å². The first-order valence-electron chi connectivity index (χ1n) is 9.25. The van der Waals surface area contributed by atoms with Gasteiger partial charge in [-0.2, -0.15) is 0 Å². The molecule has 1 saturated heterocycles. The fraction of sp³-hybridized carbons (Fsp3) is 0.333. The molecule has 0 spiro atoms. The van der Waals surface area contributed by atoms with Gasteiger partial charge in [0.15, 0.2) is 6.61 Å². The Morgan fingerprint density at radius 1 is 1.21 bits per heavy atom. The quantitative estimate of drug-likeness (QED) is 0.570. The lowest BCUT2D eigenvalue weighted by Gasteiger charge is -2.46. The molecular formula is C21H20N2O5S. The number of hydrogen-bond acceptors (Lipinski definition) is 6. The van der Waals surface area contributed by atoms with Crippen molar-refractivity contribution in [2.45, 2.75) is 32.4 Å². The van der Waals surface area contributed by atoms with Gasteiger partial charge in [-0.05, 0) is 32.0 Å². The van der Waals surface area contributed by atoms with Gasteiger partial charge >= 0.3 is 5.97 Å². The second-order valence-electron chi connectivity index (χ2n) is 7.25. The number of para-hydroxylation sites is 1. The van der Waals surface area contributed by atoms with E-state index in [2.05, 4.69) is 0 Å². The Hall–Kier alpha value is -3.00. The molecule has 150 valence electrons. The zero-order chi connectivity index (χ0) is 20.9. The number of ether oxygens (including phenoxy) is 1. The van der Waals surface area contributed by atoms with Gasteiger partial charge in [-0.15, -0.1) is 11.3 Å². The summed E-state index contributed by atoms with van der Waals surface area (Å²) < 4.78 is 5.38. The highest BCUT2D eigenvalue weighted by Crippen LogP contribution is 2.44. The van der Waals surface area contributed by atoms with Crippen molar-refractivity contribution in [1.82, 2.24) is 4.90 Å². The fourth-order valence-corrected chi connectivity index (χ4v) is 5.07. The summed E-state index contributed by atoms with van der Waals surface area (Å²) in [6, 6.07) is 8.46. The van der Waals surface area contributed by atoms with Crippen molar-refractivity contribution in [3.63, 3.8) is 0 Å². The van der Waals surface area contributed by atoms with Crippen LogP contribution in [0.25, 0.3) is 0 Å². The number of amides is 2. The molecule has 8 heteroatoms. The summed E-state index contributed by atoms with van der Waals surface area (Å²) >= 11 is 1.50. The Kier molecular flexibility index (Phi) is 4.53. The zero-order valence-electron chi connectivity index (χ0n) is 16.4. The second-order valence-corrected chi connectivity index (χ2v) is 8.71. The van der Waals surface area contributed by atoms with E-state index in [0.717, 1.165) is 9.75 Å². The minimum atomic E-state index is -1.57. The SMILES string of the molecule is Cc1cc(C(=O)COC(=O)[C@@]23CCC(=O)N2c2ccccc2C(=O)N3C)c(C)s1. The number of likely N-dealkylation sites (N-methyl/N-ethyl adjacent to an activating group) is 1. The lowest BCUT2D eigenvalue weighted by atomic mass is 9.97. The molecule has 7 nitrogen and oxygen atoms in total. The van der Waals surface area contributed by atoms with Gasteiger partial charge in [0.25, 0.3) is 5.91 Å². The minimum absolute atomic E-state index is 0.109. The largest absolute Gasteiger partial charge is 0.454 e. The maximum absolute atomic E-state index is 13.2. The number of rotatable bonds is 4. The minimum Gasteiger partial charge on any atom is -0.454 e. The summed E-state index contributed by atoms with van der Waals surface area (Å²) in [5, 5.41) is 0. The standard InChI is InChI=1S/C21H20N2O5S/c1-12-10-15(13(2)29-12)17(24)11-28-20(27)21-9-8-18(25)23(21)16-7-5-4-6-14(16)19(26)22(21)3/h4-7,10H,8-9,11H2,1-3H3/t21-/m1/s1. The van der Waals surface area contributed by atoms with E-state index in [-0.39, 0.29) is 30.4 Å². The number of ketones is 1. The number of anilines is 1. The lowest BCUT2D eigenvalue weighted by Crippen LogP contribution is -2.67. The Labute approximate surface area is 171 Å². The third-order valence-corrected chi connectivity index (χ3v) is 6.51. The summed E-state index contributed by atoms with van der Waals surface area (Å²) in [6.45, 7) is 3.30. The first-order chi connectivity index (χ1) is 13.8. The molecule has 1 fully saturated rings. The van der Waals surface area contributed by atoms with Crippen LogP contribution in [0.3, 0.4) is 0 Å². The highest BCUT2D eigenvalue weighted by molar-refractivity contribution is 7.12.